The van der Waals surface area contributed by atoms with Crippen molar-refractivity contribution in [2.75, 3.05) is 5.32 Å². The standard InChI is InChI=1S/C21H13Cl2N3OS2/c22-12-9-10-13(15(23)11-12)19(27)26-21(28)25-16-6-2-1-5-14(16)20-24-17-7-3-4-8-18(17)29-20/h1-11H,(H2,25,26,27,28). The van der Waals surface area contributed by atoms with Gasteiger partial charge in [0, 0.05) is 10.6 Å². The number of fused-ring (bicyclic) bond motifs is 1. The van der Waals surface area contributed by atoms with Crippen LogP contribution in [0.15, 0.2) is 66.7 Å². The van der Waals surface area contributed by atoms with Gasteiger partial charge in [-0.05, 0) is 54.7 Å². The maximum Gasteiger partial charge on any atom is 0.258 e. The van der Waals surface area contributed by atoms with E-state index < -0.39 is 5.91 Å². The summed E-state index contributed by atoms with van der Waals surface area (Å²) in [7, 11) is 0. The molecule has 0 bridgehead atoms. The van der Waals surface area contributed by atoms with Crippen molar-refractivity contribution in [1.29, 1.82) is 0 Å². The highest BCUT2D eigenvalue weighted by Gasteiger charge is 2.15. The van der Waals surface area contributed by atoms with Crippen LogP contribution in [0.25, 0.3) is 20.8 Å². The molecule has 144 valence electrons. The summed E-state index contributed by atoms with van der Waals surface area (Å²) < 4.78 is 1.10. The Morgan fingerprint density at radius 2 is 1.76 bits per heavy atom. The molecule has 0 saturated heterocycles. The van der Waals surface area contributed by atoms with Crippen LogP contribution in [-0.2, 0) is 0 Å². The first-order valence-electron chi connectivity index (χ1n) is 8.53. The van der Waals surface area contributed by atoms with Crippen LogP contribution in [0.4, 0.5) is 5.69 Å². The van der Waals surface area contributed by atoms with Crippen molar-refractivity contribution in [2.45, 2.75) is 0 Å². The van der Waals surface area contributed by atoms with E-state index in [0.717, 1.165) is 26.5 Å². The number of thiocarbonyl (C=S) groups is 1. The Balaban J connectivity index is 1.55. The molecule has 1 amide bonds. The van der Waals surface area contributed by atoms with Gasteiger partial charge in [-0.3, -0.25) is 10.1 Å². The molecule has 0 saturated carbocycles. The molecule has 8 heteroatoms. The van der Waals surface area contributed by atoms with Crippen molar-refractivity contribution in [3.05, 3.63) is 82.3 Å². The molecule has 0 atom stereocenters. The average molecular weight is 458 g/mol. The zero-order valence-electron chi connectivity index (χ0n) is 14.8. The van der Waals surface area contributed by atoms with Crippen molar-refractivity contribution < 1.29 is 4.79 Å². The fourth-order valence-electron chi connectivity index (χ4n) is 2.76. The summed E-state index contributed by atoms with van der Waals surface area (Å²) in [5.74, 6) is -0.415. The predicted molar refractivity (Wildman–Crippen MR) is 125 cm³/mol. The number of thiazole rings is 1. The van der Waals surface area contributed by atoms with Crippen LogP contribution in [0.1, 0.15) is 10.4 Å². The Hall–Kier alpha value is -2.51. The molecule has 0 aliphatic heterocycles. The minimum Gasteiger partial charge on any atom is -0.332 e. The van der Waals surface area contributed by atoms with Gasteiger partial charge in [-0.25, -0.2) is 4.98 Å². The molecule has 0 aliphatic rings. The van der Waals surface area contributed by atoms with E-state index in [9.17, 15) is 4.79 Å². The number of benzene rings is 3. The van der Waals surface area contributed by atoms with Crippen LogP contribution in [0, 0.1) is 0 Å². The van der Waals surface area contributed by atoms with Crippen molar-refractivity contribution in [3.8, 4) is 10.6 Å². The summed E-state index contributed by atoms with van der Waals surface area (Å²) in [4.78, 5) is 17.2. The second kappa shape index (κ2) is 8.47. The highest BCUT2D eigenvalue weighted by Crippen LogP contribution is 2.34. The minimum absolute atomic E-state index is 0.162. The summed E-state index contributed by atoms with van der Waals surface area (Å²) in [6, 6.07) is 20.3. The summed E-state index contributed by atoms with van der Waals surface area (Å²) in [5.41, 5.74) is 2.88. The summed E-state index contributed by atoms with van der Waals surface area (Å²) in [6.07, 6.45) is 0. The minimum atomic E-state index is -0.415. The van der Waals surface area contributed by atoms with E-state index in [2.05, 4.69) is 10.6 Å². The molecule has 4 nitrogen and oxygen atoms in total. The topological polar surface area (TPSA) is 54.0 Å². The van der Waals surface area contributed by atoms with Gasteiger partial charge < -0.3 is 5.32 Å². The maximum absolute atomic E-state index is 12.5. The third-order valence-corrected chi connectivity index (χ3v) is 5.92. The normalized spacial score (nSPS) is 10.7. The number of anilines is 1. The monoisotopic (exact) mass is 457 g/mol. The molecular formula is C21H13Cl2N3OS2. The number of halogens is 2. The maximum atomic E-state index is 12.5. The zero-order valence-corrected chi connectivity index (χ0v) is 17.9. The lowest BCUT2D eigenvalue weighted by Crippen LogP contribution is -2.34. The van der Waals surface area contributed by atoms with E-state index >= 15 is 0 Å². The molecule has 4 aromatic rings. The van der Waals surface area contributed by atoms with Gasteiger partial charge in [0.15, 0.2) is 5.11 Å². The number of rotatable bonds is 3. The van der Waals surface area contributed by atoms with Gasteiger partial charge in [-0.15, -0.1) is 11.3 Å². The SMILES string of the molecule is O=C(NC(=S)Nc1ccccc1-c1nc2ccccc2s1)c1ccc(Cl)cc1Cl. The molecule has 3 aromatic carbocycles. The second-order valence-corrected chi connectivity index (χ2v) is 8.35. The number of nitrogens with one attached hydrogen (secondary N) is 2. The quantitative estimate of drug-likeness (QED) is 0.349. The van der Waals surface area contributed by atoms with Crippen molar-refractivity contribution in [3.63, 3.8) is 0 Å². The van der Waals surface area contributed by atoms with E-state index in [-0.39, 0.29) is 10.1 Å². The van der Waals surface area contributed by atoms with Gasteiger partial charge in [0.25, 0.3) is 5.91 Å². The molecule has 29 heavy (non-hydrogen) atoms. The number of nitrogens with zero attached hydrogens (tertiary/aromatic N) is 1. The van der Waals surface area contributed by atoms with Gasteiger partial charge in [-0.1, -0.05) is 47.5 Å². The van der Waals surface area contributed by atoms with Gasteiger partial charge in [0.05, 0.1) is 26.5 Å². The first kappa shape index (κ1) is 19.8. The molecular weight excluding hydrogens is 445 g/mol. The Morgan fingerprint density at radius 1 is 1.00 bits per heavy atom. The number of carbonyl (C=O) groups excluding carboxylic acids is 1. The number of para-hydroxylation sites is 2. The number of carbonyl (C=O) groups is 1. The summed E-state index contributed by atoms with van der Waals surface area (Å²) >= 11 is 18.9. The number of hydrogen-bond donors (Lipinski definition) is 2. The summed E-state index contributed by atoms with van der Waals surface area (Å²) in [5, 5.41) is 7.47. The molecule has 0 radical (unpaired) electrons. The van der Waals surface area contributed by atoms with Gasteiger partial charge in [-0.2, -0.15) is 0 Å². The number of hydrogen-bond acceptors (Lipinski definition) is 4. The predicted octanol–water partition coefficient (Wildman–Crippen LogP) is 6.40. The van der Waals surface area contributed by atoms with E-state index in [1.165, 1.54) is 6.07 Å². The second-order valence-electron chi connectivity index (χ2n) is 6.06. The molecule has 4 rings (SSSR count). The Bertz CT molecular complexity index is 1210. The van der Waals surface area contributed by atoms with Crippen LogP contribution in [0.3, 0.4) is 0 Å². The summed E-state index contributed by atoms with van der Waals surface area (Å²) in [6.45, 7) is 0. The lowest BCUT2D eigenvalue weighted by Gasteiger charge is -2.13. The third-order valence-electron chi connectivity index (χ3n) is 4.10. The highest BCUT2D eigenvalue weighted by atomic mass is 35.5. The molecule has 2 N–H and O–H groups in total. The largest absolute Gasteiger partial charge is 0.332 e. The lowest BCUT2D eigenvalue weighted by molar-refractivity contribution is 0.0978. The lowest BCUT2D eigenvalue weighted by atomic mass is 10.2. The van der Waals surface area contributed by atoms with Crippen molar-refractivity contribution in [1.82, 2.24) is 10.3 Å². The van der Waals surface area contributed by atoms with E-state index in [1.54, 1.807) is 23.5 Å². The average Bonchev–Trinajstić information content (AvgIpc) is 3.12. The molecule has 1 aromatic heterocycles. The zero-order chi connectivity index (χ0) is 20.4. The number of amides is 1. The van der Waals surface area contributed by atoms with Gasteiger partial charge >= 0.3 is 0 Å². The van der Waals surface area contributed by atoms with Crippen LogP contribution in [0.5, 0.6) is 0 Å². The Morgan fingerprint density at radius 3 is 2.55 bits per heavy atom. The van der Waals surface area contributed by atoms with E-state index in [1.807, 2.05) is 48.5 Å². The van der Waals surface area contributed by atoms with Crippen molar-refractivity contribution in [2.24, 2.45) is 0 Å². The highest BCUT2D eigenvalue weighted by molar-refractivity contribution is 7.80. The van der Waals surface area contributed by atoms with Crippen LogP contribution < -0.4 is 10.6 Å². The molecule has 0 unspecified atom stereocenters. The van der Waals surface area contributed by atoms with Crippen LogP contribution in [-0.4, -0.2) is 16.0 Å². The Kier molecular flexibility index (Phi) is 5.78. The molecule has 0 fully saturated rings. The van der Waals surface area contributed by atoms with Gasteiger partial charge in [0.2, 0.25) is 0 Å². The third kappa shape index (κ3) is 4.41. The Labute approximate surface area is 186 Å². The smallest absolute Gasteiger partial charge is 0.258 e. The molecule has 1 heterocycles. The van der Waals surface area contributed by atoms with Crippen molar-refractivity contribution >= 4 is 73.7 Å². The fourth-order valence-corrected chi connectivity index (χ4v) is 4.47. The first-order valence-corrected chi connectivity index (χ1v) is 10.5. The van der Waals surface area contributed by atoms with Crippen LogP contribution >= 0.6 is 46.8 Å². The van der Waals surface area contributed by atoms with Crippen LogP contribution in [0.2, 0.25) is 10.0 Å². The fraction of sp³-hybridized carbons (Fsp3) is 0. The van der Waals surface area contributed by atoms with Gasteiger partial charge in [0.1, 0.15) is 5.01 Å². The van der Waals surface area contributed by atoms with E-state index in [4.69, 9.17) is 40.4 Å². The number of aromatic nitrogens is 1. The first-order chi connectivity index (χ1) is 14.0. The van der Waals surface area contributed by atoms with E-state index in [0.29, 0.717) is 10.6 Å². The molecule has 0 aliphatic carbocycles. The molecule has 0 spiro atoms.